The number of rotatable bonds is 4. The largest absolute Gasteiger partial charge is 0.307 e. The van der Waals surface area contributed by atoms with Crippen LogP contribution < -0.4 is 5.32 Å². The summed E-state index contributed by atoms with van der Waals surface area (Å²) in [7, 11) is 0. The van der Waals surface area contributed by atoms with Gasteiger partial charge in [-0.05, 0) is 22.9 Å². The van der Waals surface area contributed by atoms with Crippen molar-refractivity contribution in [3.63, 3.8) is 0 Å². The minimum atomic E-state index is 0.446. The summed E-state index contributed by atoms with van der Waals surface area (Å²) in [5.74, 6) is 0.675. The van der Waals surface area contributed by atoms with Gasteiger partial charge >= 0.3 is 0 Å². The lowest BCUT2D eigenvalue weighted by Crippen LogP contribution is -2.54. The van der Waals surface area contributed by atoms with Crippen LogP contribution in [0.15, 0.2) is 47.8 Å². The molecule has 1 N–H and O–H groups in total. The Balaban J connectivity index is 1.75. The van der Waals surface area contributed by atoms with Crippen LogP contribution in [0.25, 0.3) is 0 Å². The third kappa shape index (κ3) is 3.54. The van der Waals surface area contributed by atoms with E-state index in [1.54, 1.807) is 0 Å². The van der Waals surface area contributed by atoms with Crippen LogP contribution >= 0.6 is 11.3 Å². The Morgan fingerprint density at radius 3 is 2.67 bits per heavy atom. The smallest absolute Gasteiger partial charge is 0.0450 e. The monoisotopic (exact) mass is 300 g/mol. The van der Waals surface area contributed by atoms with Crippen LogP contribution in [0.2, 0.25) is 0 Å². The summed E-state index contributed by atoms with van der Waals surface area (Å²) >= 11 is 1.87. The molecule has 1 saturated heterocycles. The van der Waals surface area contributed by atoms with Gasteiger partial charge in [-0.25, -0.2) is 0 Å². The molecule has 0 amide bonds. The van der Waals surface area contributed by atoms with Crippen LogP contribution in [0.1, 0.15) is 30.3 Å². The number of benzene rings is 1. The predicted octanol–water partition coefficient (Wildman–Crippen LogP) is 3.92. The summed E-state index contributed by atoms with van der Waals surface area (Å²) in [4.78, 5) is 4.12. The van der Waals surface area contributed by atoms with Crippen molar-refractivity contribution in [1.82, 2.24) is 10.2 Å². The number of piperazine rings is 1. The molecule has 21 heavy (non-hydrogen) atoms. The summed E-state index contributed by atoms with van der Waals surface area (Å²) in [6.45, 7) is 7.89. The van der Waals surface area contributed by atoms with Crippen LogP contribution in [0.3, 0.4) is 0 Å². The average molecular weight is 300 g/mol. The summed E-state index contributed by atoms with van der Waals surface area (Å²) < 4.78 is 0. The van der Waals surface area contributed by atoms with Crippen LogP contribution in [-0.4, -0.2) is 24.0 Å². The van der Waals surface area contributed by atoms with E-state index in [1.165, 1.54) is 10.4 Å². The number of thiophene rings is 1. The molecule has 2 unspecified atom stereocenters. The first-order valence-corrected chi connectivity index (χ1v) is 8.67. The Hall–Kier alpha value is -1.16. The summed E-state index contributed by atoms with van der Waals surface area (Å²) in [5, 5.41) is 5.92. The zero-order valence-corrected chi connectivity index (χ0v) is 13.6. The molecular formula is C18H24N2S. The summed E-state index contributed by atoms with van der Waals surface area (Å²) in [6, 6.07) is 16.3. The third-order valence-corrected chi connectivity index (χ3v) is 5.23. The van der Waals surface area contributed by atoms with Crippen molar-refractivity contribution in [1.29, 1.82) is 0 Å². The van der Waals surface area contributed by atoms with E-state index in [-0.39, 0.29) is 0 Å². The van der Waals surface area contributed by atoms with E-state index in [9.17, 15) is 0 Å². The van der Waals surface area contributed by atoms with Gasteiger partial charge in [-0.2, -0.15) is 0 Å². The summed E-state index contributed by atoms with van der Waals surface area (Å²) in [5.41, 5.74) is 1.40. The number of nitrogens with one attached hydrogen (secondary N) is 1. The van der Waals surface area contributed by atoms with E-state index < -0.39 is 0 Å². The standard InChI is InChI=1S/C18H24N2S/c1-14(2)18-11-19-17(15-7-4-3-5-8-15)13-20(18)12-16-9-6-10-21-16/h3-10,14,17-19H,11-13H2,1-2H3. The van der Waals surface area contributed by atoms with Crippen LogP contribution in [0.5, 0.6) is 0 Å². The maximum absolute atomic E-state index is 3.74. The minimum Gasteiger partial charge on any atom is -0.307 e. The Morgan fingerprint density at radius 2 is 2.00 bits per heavy atom. The van der Waals surface area contributed by atoms with Gasteiger partial charge < -0.3 is 5.32 Å². The number of hydrogen-bond acceptors (Lipinski definition) is 3. The molecule has 0 aliphatic carbocycles. The Morgan fingerprint density at radius 1 is 1.19 bits per heavy atom. The molecule has 0 spiro atoms. The third-order valence-electron chi connectivity index (χ3n) is 4.37. The molecular weight excluding hydrogens is 276 g/mol. The topological polar surface area (TPSA) is 15.3 Å². The number of nitrogens with zero attached hydrogens (tertiary/aromatic N) is 1. The van der Waals surface area contributed by atoms with Gasteiger partial charge in [0.25, 0.3) is 0 Å². The van der Waals surface area contributed by atoms with Gasteiger partial charge in [0.2, 0.25) is 0 Å². The second-order valence-electron chi connectivity index (χ2n) is 6.19. The highest BCUT2D eigenvalue weighted by Gasteiger charge is 2.30. The molecule has 2 atom stereocenters. The molecule has 3 heteroatoms. The van der Waals surface area contributed by atoms with Gasteiger partial charge in [0.1, 0.15) is 0 Å². The van der Waals surface area contributed by atoms with Gasteiger partial charge in [0, 0.05) is 36.6 Å². The van der Waals surface area contributed by atoms with Crippen molar-refractivity contribution in [3.05, 3.63) is 58.3 Å². The SMILES string of the molecule is CC(C)C1CNC(c2ccccc2)CN1Cc1cccs1. The first kappa shape index (κ1) is 14.8. The highest BCUT2D eigenvalue weighted by Crippen LogP contribution is 2.25. The van der Waals surface area contributed by atoms with Crippen LogP contribution in [-0.2, 0) is 6.54 Å². The van der Waals surface area contributed by atoms with Crippen molar-refractivity contribution in [2.24, 2.45) is 5.92 Å². The zero-order valence-electron chi connectivity index (χ0n) is 12.8. The van der Waals surface area contributed by atoms with Crippen molar-refractivity contribution >= 4 is 11.3 Å². The molecule has 1 aliphatic rings. The van der Waals surface area contributed by atoms with E-state index >= 15 is 0 Å². The first-order chi connectivity index (χ1) is 10.2. The fourth-order valence-corrected chi connectivity index (χ4v) is 3.91. The van der Waals surface area contributed by atoms with Gasteiger partial charge in [-0.1, -0.05) is 50.2 Å². The number of hydrogen-bond donors (Lipinski definition) is 1. The normalized spacial score (nSPS) is 23.6. The molecule has 3 rings (SSSR count). The zero-order chi connectivity index (χ0) is 14.7. The Labute approximate surface area is 131 Å². The van der Waals surface area contributed by atoms with Crippen molar-refractivity contribution in [2.45, 2.75) is 32.5 Å². The Kier molecular flexibility index (Phi) is 4.73. The van der Waals surface area contributed by atoms with Crippen LogP contribution in [0, 0.1) is 5.92 Å². The molecule has 1 aromatic heterocycles. The quantitative estimate of drug-likeness (QED) is 0.920. The molecule has 2 heterocycles. The van der Waals surface area contributed by atoms with Gasteiger partial charge in [0.05, 0.1) is 0 Å². The lowest BCUT2D eigenvalue weighted by Gasteiger charge is -2.42. The lowest BCUT2D eigenvalue weighted by atomic mass is 9.95. The average Bonchev–Trinajstić information content (AvgIpc) is 3.01. The maximum atomic E-state index is 3.74. The molecule has 2 nitrogen and oxygen atoms in total. The Bertz CT molecular complexity index is 536. The van der Waals surface area contributed by atoms with E-state index in [1.807, 2.05) is 11.3 Å². The molecule has 1 aromatic carbocycles. The predicted molar refractivity (Wildman–Crippen MR) is 90.5 cm³/mol. The molecule has 0 radical (unpaired) electrons. The fourth-order valence-electron chi connectivity index (χ4n) is 3.18. The minimum absolute atomic E-state index is 0.446. The lowest BCUT2D eigenvalue weighted by molar-refractivity contribution is 0.0921. The van der Waals surface area contributed by atoms with E-state index in [0.29, 0.717) is 18.0 Å². The molecule has 0 saturated carbocycles. The molecule has 0 bridgehead atoms. The molecule has 1 aliphatic heterocycles. The van der Waals surface area contributed by atoms with Crippen molar-refractivity contribution in [2.75, 3.05) is 13.1 Å². The van der Waals surface area contributed by atoms with Gasteiger partial charge in [-0.3, -0.25) is 4.90 Å². The van der Waals surface area contributed by atoms with Crippen LogP contribution in [0.4, 0.5) is 0 Å². The molecule has 112 valence electrons. The van der Waals surface area contributed by atoms with E-state index in [4.69, 9.17) is 0 Å². The fraction of sp³-hybridized carbons (Fsp3) is 0.444. The van der Waals surface area contributed by atoms with Gasteiger partial charge in [-0.15, -0.1) is 11.3 Å². The highest BCUT2D eigenvalue weighted by molar-refractivity contribution is 7.09. The van der Waals surface area contributed by atoms with Crippen molar-refractivity contribution < 1.29 is 0 Å². The van der Waals surface area contributed by atoms with E-state index in [0.717, 1.165) is 19.6 Å². The second-order valence-corrected chi connectivity index (χ2v) is 7.22. The van der Waals surface area contributed by atoms with Gasteiger partial charge in [0.15, 0.2) is 0 Å². The molecule has 2 aromatic rings. The first-order valence-electron chi connectivity index (χ1n) is 7.79. The summed E-state index contributed by atoms with van der Waals surface area (Å²) in [6.07, 6.45) is 0. The van der Waals surface area contributed by atoms with E-state index in [2.05, 4.69) is 71.9 Å². The molecule has 1 fully saturated rings. The highest BCUT2D eigenvalue weighted by atomic mass is 32.1. The van der Waals surface area contributed by atoms with Crippen molar-refractivity contribution in [3.8, 4) is 0 Å². The maximum Gasteiger partial charge on any atom is 0.0450 e. The second kappa shape index (κ2) is 6.73.